The fourth-order valence-corrected chi connectivity index (χ4v) is 2.39. The molecule has 0 aromatic heterocycles. The Hall–Kier alpha value is -1.31. The van der Waals surface area contributed by atoms with Crippen LogP contribution in [0.15, 0.2) is 18.2 Å². The van der Waals surface area contributed by atoms with Crippen LogP contribution in [0.1, 0.15) is 51.2 Å². The van der Waals surface area contributed by atoms with Crippen LogP contribution in [0.3, 0.4) is 0 Å². The van der Waals surface area contributed by atoms with E-state index in [2.05, 4.69) is 18.2 Å². The van der Waals surface area contributed by atoms with E-state index in [1.807, 2.05) is 20.8 Å². The molecule has 0 saturated carbocycles. The molecule has 2 rings (SSSR count). The van der Waals surface area contributed by atoms with Crippen molar-refractivity contribution in [1.82, 2.24) is 0 Å². The van der Waals surface area contributed by atoms with Crippen LogP contribution in [0.2, 0.25) is 0 Å². The maximum absolute atomic E-state index is 11.8. The molecule has 0 amide bonds. The largest absolute Gasteiger partial charge is 0.493 e. The van der Waals surface area contributed by atoms with E-state index < -0.39 is 0 Å². The number of unbranched alkanes of at least 4 members (excludes halogenated alkanes) is 1. The molecule has 0 atom stereocenters. The molecule has 1 aromatic carbocycles. The van der Waals surface area contributed by atoms with Gasteiger partial charge in [0, 0.05) is 18.3 Å². The predicted molar refractivity (Wildman–Crippen MR) is 77.7 cm³/mol. The monoisotopic (exact) mass is 260 g/mol. The number of hydrogen-bond donors (Lipinski definition) is 0. The molecular weight excluding hydrogens is 236 g/mol. The van der Waals surface area contributed by atoms with Gasteiger partial charge in [-0.15, -0.1) is 0 Å². The van der Waals surface area contributed by atoms with Crippen molar-refractivity contribution in [2.24, 2.45) is 5.41 Å². The molecule has 0 bridgehead atoms. The van der Waals surface area contributed by atoms with Gasteiger partial charge in [-0.3, -0.25) is 4.79 Å². The molecule has 0 fully saturated rings. The number of carbonyl (C=O) groups is 1. The average Bonchev–Trinajstić information content (AvgIpc) is 2.80. The zero-order valence-electron chi connectivity index (χ0n) is 12.3. The van der Waals surface area contributed by atoms with Crippen molar-refractivity contribution in [1.29, 1.82) is 0 Å². The van der Waals surface area contributed by atoms with Crippen LogP contribution in [0.4, 0.5) is 0 Å². The van der Waals surface area contributed by atoms with Gasteiger partial charge in [-0.25, -0.2) is 0 Å². The lowest BCUT2D eigenvalue weighted by atomic mass is 9.87. The van der Waals surface area contributed by atoms with E-state index in [9.17, 15) is 4.79 Å². The zero-order chi connectivity index (χ0) is 13.9. The first-order chi connectivity index (χ1) is 8.97. The molecule has 1 heterocycles. The summed E-state index contributed by atoms with van der Waals surface area (Å²) < 4.78 is 5.50. The van der Waals surface area contributed by atoms with Crippen LogP contribution < -0.4 is 4.74 Å². The molecule has 2 heteroatoms. The number of hydrogen-bond acceptors (Lipinski definition) is 2. The van der Waals surface area contributed by atoms with Crippen molar-refractivity contribution in [3.63, 3.8) is 0 Å². The van der Waals surface area contributed by atoms with Gasteiger partial charge >= 0.3 is 0 Å². The standard InChI is InChI=1S/C17H24O2/c1-17(2,3)16(18)7-5-4-6-13-8-9-15-14(12-13)10-11-19-15/h8-9,12H,4-7,10-11H2,1-3H3. The molecule has 0 unspecified atom stereocenters. The number of ether oxygens (including phenoxy) is 1. The van der Waals surface area contributed by atoms with Crippen LogP contribution in [-0.4, -0.2) is 12.4 Å². The molecule has 19 heavy (non-hydrogen) atoms. The maximum Gasteiger partial charge on any atom is 0.138 e. The lowest BCUT2D eigenvalue weighted by Crippen LogP contribution is -2.19. The molecule has 0 aliphatic carbocycles. The lowest BCUT2D eigenvalue weighted by Gasteiger charge is -2.16. The highest BCUT2D eigenvalue weighted by Crippen LogP contribution is 2.26. The Morgan fingerprint density at radius 2 is 2.05 bits per heavy atom. The summed E-state index contributed by atoms with van der Waals surface area (Å²) in [5.41, 5.74) is 2.51. The summed E-state index contributed by atoms with van der Waals surface area (Å²) in [5.74, 6) is 1.42. The molecule has 0 radical (unpaired) electrons. The number of carbonyl (C=O) groups excluding carboxylic acids is 1. The van der Waals surface area contributed by atoms with Gasteiger partial charge in [0.25, 0.3) is 0 Å². The highest BCUT2D eigenvalue weighted by Gasteiger charge is 2.20. The number of ketones is 1. The summed E-state index contributed by atoms with van der Waals surface area (Å²) in [6.07, 6.45) is 4.87. The third-order valence-corrected chi connectivity index (χ3v) is 3.71. The molecule has 0 N–H and O–H groups in total. The summed E-state index contributed by atoms with van der Waals surface area (Å²) >= 11 is 0. The Kier molecular flexibility index (Phi) is 4.28. The first-order valence-electron chi connectivity index (χ1n) is 7.25. The summed E-state index contributed by atoms with van der Waals surface area (Å²) in [7, 11) is 0. The van der Waals surface area contributed by atoms with Gasteiger partial charge in [0.2, 0.25) is 0 Å². The van der Waals surface area contributed by atoms with Crippen molar-refractivity contribution in [2.45, 2.75) is 52.9 Å². The predicted octanol–water partition coefficient (Wildman–Crippen LogP) is 3.95. The first kappa shape index (κ1) is 14.1. The first-order valence-corrected chi connectivity index (χ1v) is 7.25. The quantitative estimate of drug-likeness (QED) is 0.749. The third kappa shape index (κ3) is 3.82. The Bertz CT molecular complexity index is 455. The summed E-state index contributed by atoms with van der Waals surface area (Å²) in [6.45, 7) is 6.81. The number of rotatable bonds is 5. The van der Waals surface area contributed by atoms with E-state index >= 15 is 0 Å². The molecule has 2 nitrogen and oxygen atoms in total. The molecule has 0 saturated heterocycles. The van der Waals surface area contributed by atoms with Crippen LogP contribution in [0.5, 0.6) is 5.75 Å². The topological polar surface area (TPSA) is 26.3 Å². The maximum atomic E-state index is 11.8. The van der Waals surface area contributed by atoms with Gasteiger partial charge in [0.1, 0.15) is 11.5 Å². The van der Waals surface area contributed by atoms with E-state index in [0.717, 1.165) is 38.0 Å². The second-order valence-corrected chi connectivity index (χ2v) is 6.42. The zero-order valence-corrected chi connectivity index (χ0v) is 12.3. The van der Waals surface area contributed by atoms with E-state index in [-0.39, 0.29) is 5.41 Å². The van der Waals surface area contributed by atoms with Gasteiger partial charge in [-0.2, -0.15) is 0 Å². The van der Waals surface area contributed by atoms with Gasteiger partial charge in [0.05, 0.1) is 6.61 Å². The molecule has 1 aromatic rings. The van der Waals surface area contributed by atoms with Crippen LogP contribution in [0, 0.1) is 5.41 Å². The summed E-state index contributed by atoms with van der Waals surface area (Å²) in [5, 5.41) is 0. The minimum atomic E-state index is -0.190. The number of aryl methyl sites for hydroxylation is 1. The minimum Gasteiger partial charge on any atom is -0.493 e. The summed E-state index contributed by atoms with van der Waals surface area (Å²) in [4.78, 5) is 11.8. The second-order valence-electron chi connectivity index (χ2n) is 6.42. The normalized spacial score (nSPS) is 14.1. The van der Waals surface area contributed by atoms with Crippen molar-refractivity contribution < 1.29 is 9.53 Å². The van der Waals surface area contributed by atoms with Crippen molar-refractivity contribution in [3.8, 4) is 5.75 Å². The highest BCUT2D eigenvalue weighted by atomic mass is 16.5. The smallest absolute Gasteiger partial charge is 0.138 e. The molecular formula is C17H24O2. The second kappa shape index (κ2) is 5.77. The number of fused-ring (bicyclic) bond motifs is 1. The Labute approximate surface area is 116 Å². The van der Waals surface area contributed by atoms with E-state index in [0.29, 0.717) is 12.2 Å². The molecule has 0 spiro atoms. The summed E-state index contributed by atoms with van der Waals surface area (Å²) in [6, 6.07) is 6.49. The number of benzene rings is 1. The molecule has 104 valence electrons. The van der Waals surface area contributed by atoms with Crippen molar-refractivity contribution in [3.05, 3.63) is 29.3 Å². The van der Waals surface area contributed by atoms with Gasteiger partial charge < -0.3 is 4.74 Å². The van der Waals surface area contributed by atoms with Gasteiger partial charge in [-0.1, -0.05) is 32.9 Å². The van der Waals surface area contributed by atoms with Crippen LogP contribution in [-0.2, 0) is 17.6 Å². The fourth-order valence-electron chi connectivity index (χ4n) is 2.39. The van der Waals surface area contributed by atoms with Crippen LogP contribution in [0.25, 0.3) is 0 Å². The van der Waals surface area contributed by atoms with E-state index in [4.69, 9.17) is 4.74 Å². The van der Waals surface area contributed by atoms with E-state index in [1.54, 1.807) is 0 Å². The Morgan fingerprint density at radius 1 is 1.26 bits per heavy atom. The van der Waals surface area contributed by atoms with Crippen molar-refractivity contribution >= 4 is 5.78 Å². The van der Waals surface area contributed by atoms with Crippen LogP contribution >= 0.6 is 0 Å². The molecule has 1 aliphatic heterocycles. The Balaban J connectivity index is 1.76. The number of Topliss-reactive ketones (excluding diaryl/α,β-unsaturated/α-hetero) is 1. The minimum absolute atomic E-state index is 0.190. The Morgan fingerprint density at radius 3 is 2.79 bits per heavy atom. The lowest BCUT2D eigenvalue weighted by molar-refractivity contribution is -0.126. The molecule has 1 aliphatic rings. The van der Waals surface area contributed by atoms with Gasteiger partial charge in [0.15, 0.2) is 0 Å². The van der Waals surface area contributed by atoms with Gasteiger partial charge in [-0.05, 0) is 36.5 Å². The third-order valence-electron chi connectivity index (χ3n) is 3.71. The highest BCUT2D eigenvalue weighted by molar-refractivity contribution is 5.83. The SMILES string of the molecule is CC(C)(C)C(=O)CCCCc1ccc2c(c1)CCO2. The van der Waals surface area contributed by atoms with Crippen molar-refractivity contribution in [2.75, 3.05) is 6.61 Å². The average molecular weight is 260 g/mol. The van der Waals surface area contributed by atoms with E-state index in [1.165, 1.54) is 11.1 Å². The fraction of sp³-hybridized carbons (Fsp3) is 0.588.